The van der Waals surface area contributed by atoms with Gasteiger partial charge in [-0.05, 0) is 52.9 Å². The summed E-state index contributed by atoms with van der Waals surface area (Å²) in [5.41, 5.74) is 1.66. The molecule has 0 saturated heterocycles. The molecule has 0 bridgehead atoms. The van der Waals surface area contributed by atoms with Crippen LogP contribution in [-0.2, 0) is 15.4 Å². The van der Waals surface area contributed by atoms with Crippen molar-refractivity contribution < 1.29 is 27.4 Å². The van der Waals surface area contributed by atoms with Gasteiger partial charge in [0.1, 0.15) is 5.75 Å². The lowest BCUT2D eigenvalue weighted by Gasteiger charge is -2.20. The molecule has 37 heavy (non-hydrogen) atoms. The number of halogens is 2. The molecule has 1 aromatic heterocycles. The Kier molecular flexibility index (Phi) is 7.12. The molecule has 0 atom stereocenters. The largest absolute Gasteiger partial charge is 0.478 e. The molecule has 0 unspecified atom stereocenters. The standard InChI is InChI=1S/C27H24ClFN2O5S/c1-27(2,3)16-6-8-17(9-7-16)37(34,35)31-21-12-13-22(36-15-29)24(28)23(21)18-10-11-20(26(32)33)25-19(18)5-4-14-30-25/h4-14,31H,15H2,1-3H3,(H,32,33). The number of hydrogen-bond acceptors (Lipinski definition) is 5. The van der Waals surface area contributed by atoms with E-state index in [-0.39, 0.29) is 43.4 Å². The molecule has 192 valence electrons. The van der Waals surface area contributed by atoms with Gasteiger partial charge in [0, 0.05) is 17.1 Å². The molecule has 4 aromatic rings. The van der Waals surface area contributed by atoms with E-state index in [2.05, 4.69) is 9.71 Å². The predicted octanol–water partition coefficient (Wildman–Crippen LogP) is 6.66. The maximum atomic E-state index is 13.3. The lowest BCUT2D eigenvalue weighted by atomic mass is 9.87. The van der Waals surface area contributed by atoms with Gasteiger partial charge in [-0.2, -0.15) is 0 Å². The number of aromatic carboxylic acids is 1. The number of sulfonamides is 1. The number of carboxylic acids is 1. The lowest BCUT2D eigenvalue weighted by molar-refractivity contribution is 0.0698. The van der Waals surface area contributed by atoms with Gasteiger partial charge in [0.15, 0.2) is 0 Å². The summed E-state index contributed by atoms with van der Waals surface area (Å²) >= 11 is 6.61. The number of aromatic nitrogens is 1. The maximum Gasteiger partial charge on any atom is 0.337 e. The van der Waals surface area contributed by atoms with E-state index >= 15 is 0 Å². The monoisotopic (exact) mass is 542 g/mol. The van der Waals surface area contributed by atoms with E-state index in [1.54, 1.807) is 24.3 Å². The molecule has 0 fully saturated rings. The van der Waals surface area contributed by atoms with Gasteiger partial charge in [-0.25, -0.2) is 17.6 Å². The van der Waals surface area contributed by atoms with E-state index in [0.29, 0.717) is 10.9 Å². The van der Waals surface area contributed by atoms with Gasteiger partial charge in [-0.1, -0.05) is 56.6 Å². The molecule has 0 spiro atoms. The zero-order chi connectivity index (χ0) is 27.0. The summed E-state index contributed by atoms with van der Waals surface area (Å²) in [5.74, 6) is -1.17. The Hall–Kier alpha value is -3.69. The van der Waals surface area contributed by atoms with Crippen LogP contribution in [0.3, 0.4) is 0 Å². The van der Waals surface area contributed by atoms with Gasteiger partial charge in [0.05, 0.1) is 26.7 Å². The fourth-order valence-electron chi connectivity index (χ4n) is 3.98. The quantitative estimate of drug-likeness (QED) is 0.270. The summed E-state index contributed by atoms with van der Waals surface area (Å²) in [6.45, 7) is 4.93. The summed E-state index contributed by atoms with van der Waals surface area (Å²) in [7, 11) is -4.06. The zero-order valence-electron chi connectivity index (χ0n) is 20.2. The lowest BCUT2D eigenvalue weighted by Crippen LogP contribution is -2.15. The molecule has 1 heterocycles. The van der Waals surface area contributed by atoms with Crippen LogP contribution >= 0.6 is 11.6 Å². The Morgan fingerprint density at radius 1 is 1.08 bits per heavy atom. The van der Waals surface area contributed by atoms with E-state index in [1.165, 1.54) is 42.6 Å². The number of carbonyl (C=O) groups is 1. The molecule has 0 aliphatic heterocycles. The predicted molar refractivity (Wildman–Crippen MR) is 142 cm³/mol. The van der Waals surface area contributed by atoms with Crippen molar-refractivity contribution in [2.45, 2.75) is 31.1 Å². The molecule has 0 radical (unpaired) electrons. The zero-order valence-corrected chi connectivity index (χ0v) is 21.8. The molecule has 0 aliphatic rings. The van der Waals surface area contributed by atoms with Crippen molar-refractivity contribution in [2.24, 2.45) is 0 Å². The van der Waals surface area contributed by atoms with Crippen molar-refractivity contribution in [1.29, 1.82) is 0 Å². The van der Waals surface area contributed by atoms with Gasteiger partial charge in [-0.3, -0.25) is 9.71 Å². The summed E-state index contributed by atoms with van der Waals surface area (Å²) in [6.07, 6.45) is 1.45. The van der Waals surface area contributed by atoms with Crippen molar-refractivity contribution >= 4 is 44.2 Å². The topological polar surface area (TPSA) is 106 Å². The molecule has 10 heteroatoms. The minimum atomic E-state index is -4.06. The summed E-state index contributed by atoms with van der Waals surface area (Å²) in [4.78, 5) is 16.0. The molecule has 2 N–H and O–H groups in total. The first-order valence-corrected chi connectivity index (χ1v) is 13.1. The Morgan fingerprint density at radius 3 is 2.41 bits per heavy atom. The van der Waals surface area contributed by atoms with Crippen LogP contribution in [0, 0.1) is 0 Å². The van der Waals surface area contributed by atoms with Crippen LogP contribution in [0.15, 0.2) is 71.8 Å². The number of carboxylic acid groups (broad SMARTS) is 1. The normalized spacial score (nSPS) is 11.9. The Labute approximate surface area is 218 Å². The molecular weight excluding hydrogens is 519 g/mol. The molecular formula is C27H24ClFN2O5S. The van der Waals surface area contributed by atoms with E-state index in [9.17, 15) is 22.7 Å². The van der Waals surface area contributed by atoms with E-state index in [4.69, 9.17) is 16.3 Å². The second-order valence-electron chi connectivity index (χ2n) is 9.30. The number of nitrogens with zero attached hydrogens (tertiary/aromatic N) is 1. The van der Waals surface area contributed by atoms with Crippen LogP contribution in [0.2, 0.25) is 5.02 Å². The number of fused-ring (bicyclic) bond motifs is 1. The first-order valence-electron chi connectivity index (χ1n) is 11.2. The highest BCUT2D eigenvalue weighted by atomic mass is 35.5. The smallest absolute Gasteiger partial charge is 0.337 e. The molecule has 4 rings (SSSR count). The summed E-state index contributed by atoms with van der Waals surface area (Å²) in [6, 6.07) is 15.4. The molecule has 0 saturated carbocycles. The Bertz CT molecular complexity index is 1600. The minimum Gasteiger partial charge on any atom is -0.478 e. The van der Waals surface area contributed by atoms with Crippen molar-refractivity contribution in [3.63, 3.8) is 0 Å². The Morgan fingerprint density at radius 2 is 1.78 bits per heavy atom. The van der Waals surface area contributed by atoms with E-state index in [0.717, 1.165) is 5.56 Å². The third-order valence-electron chi connectivity index (χ3n) is 5.86. The van der Waals surface area contributed by atoms with E-state index in [1.807, 2.05) is 20.8 Å². The minimum absolute atomic E-state index is 0.00371. The van der Waals surface area contributed by atoms with E-state index < -0.39 is 22.9 Å². The number of nitrogens with one attached hydrogen (secondary N) is 1. The van der Waals surface area contributed by atoms with Crippen molar-refractivity contribution in [2.75, 3.05) is 11.6 Å². The number of rotatable bonds is 7. The van der Waals surface area contributed by atoms with Crippen LogP contribution in [-0.4, -0.2) is 31.3 Å². The van der Waals surface area contributed by atoms with Gasteiger partial charge in [0.2, 0.25) is 6.86 Å². The fourth-order valence-corrected chi connectivity index (χ4v) is 5.37. The maximum absolute atomic E-state index is 13.3. The second-order valence-corrected chi connectivity index (χ2v) is 11.4. The molecule has 0 aliphatic carbocycles. The highest BCUT2D eigenvalue weighted by Crippen LogP contribution is 2.44. The summed E-state index contributed by atoms with van der Waals surface area (Å²) < 4.78 is 47.3. The summed E-state index contributed by atoms with van der Waals surface area (Å²) in [5, 5.41) is 9.96. The fraction of sp³-hybridized carbons (Fsp3) is 0.185. The molecule has 3 aromatic carbocycles. The van der Waals surface area contributed by atoms with Crippen LogP contribution in [0.5, 0.6) is 5.75 Å². The third kappa shape index (κ3) is 5.23. The van der Waals surface area contributed by atoms with Crippen molar-refractivity contribution in [1.82, 2.24) is 4.98 Å². The highest BCUT2D eigenvalue weighted by Gasteiger charge is 2.24. The first-order chi connectivity index (χ1) is 17.4. The van der Waals surface area contributed by atoms with Crippen molar-refractivity contribution in [3.05, 3.63) is 83.0 Å². The number of anilines is 1. The van der Waals surface area contributed by atoms with Crippen LogP contribution < -0.4 is 9.46 Å². The second kappa shape index (κ2) is 9.99. The van der Waals surface area contributed by atoms with Crippen molar-refractivity contribution in [3.8, 4) is 16.9 Å². The number of hydrogen-bond donors (Lipinski definition) is 2. The third-order valence-corrected chi connectivity index (χ3v) is 7.62. The van der Waals surface area contributed by atoms with Gasteiger partial charge in [-0.15, -0.1) is 0 Å². The number of alkyl halides is 1. The average molecular weight is 543 g/mol. The van der Waals surface area contributed by atoms with Crippen LogP contribution in [0.4, 0.5) is 10.1 Å². The molecule has 0 amide bonds. The highest BCUT2D eigenvalue weighted by molar-refractivity contribution is 7.92. The first kappa shape index (κ1) is 26.4. The number of ether oxygens (including phenoxy) is 1. The number of pyridine rings is 1. The SMILES string of the molecule is CC(C)(C)c1ccc(S(=O)(=O)Nc2ccc(OCF)c(Cl)c2-c2ccc(C(=O)O)c3ncccc23)cc1. The number of benzene rings is 3. The average Bonchev–Trinajstić information content (AvgIpc) is 2.85. The van der Waals surface area contributed by atoms with Gasteiger partial charge >= 0.3 is 5.97 Å². The Balaban J connectivity index is 1.90. The van der Waals surface area contributed by atoms with Crippen LogP contribution in [0.25, 0.3) is 22.0 Å². The molecule has 7 nitrogen and oxygen atoms in total. The van der Waals surface area contributed by atoms with Gasteiger partial charge < -0.3 is 9.84 Å². The van der Waals surface area contributed by atoms with Crippen LogP contribution in [0.1, 0.15) is 36.7 Å². The van der Waals surface area contributed by atoms with Gasteiger partial charge in [0.25, 0.3) is 10.0 Å².